The van der Waals surface area contributed by atoms with E-state index in [1.165, 1.54) is 6.20 Å². The first-order chi connectivity index (χ1) is 11.2. The molecule has 7 heteroatoms. The number of sulfonamides is 1. The largest absolute Gasteiger partial charge is 0.481 e. The Morgan fingerprint density at radius 3 is 2.38 bits per heavy atom. The first kappa shape index (κ1) is 18.1. The number of benzene rings is 1. The number of aliphatic carboxylic acids is 1. The molecule has 128 valence electrons. The summed E-state index contributed by atoms with van der Waals surface area (Å²) in [6.07, 6.45) is 2.64. The fourth-order valence-electron chi connectivity index (χ4n) is 2.82. The molecule has 1 aromatic carbocycles. The summed E-state index contributed by atoms with van der Waals surface area (Å²) in [5, 5.41) is 9.10. The van der Waals surface area contributed by atoms with E-state index in [2.05, 4.69) is 9.71 Å². The number of carboxylic acid groups (broad SMARTS) is 1. The van der Waals surface area contributed by atoms with Crippen molar-refractivity contribution in [3.8, 4) is 0 Å². The second-order valence-electron chi connectivity index (χ2n) is 5.79. The Balaban J connectivity index is 2.43. The molecule has 0 amide bonds. The molecule has 0 saturated heterocycles. The Hall–Kier alpha value is -2.25. The number of hydrogen-bond acceptors (Lipinski definition) is 4. The number of hydrogen-bond donors (Lipinski definition) is 2. The van der Waals surface area contributed by atoms with Gasteiger partial charge in [0, 0.05) is 12.4 Å². The molecular formula is C17H20N2O4S. The summed E-state index contributed by atoms with van der Waals surface area (Å²) < 4.78 is 28.2. The van der Waals surface area contributed by atoms with E-state index in [1.54, 1.807) is 44.3 Å². The topological polar surface area (TPSA) is 96.4 Å². The molecule has 0 spiro atoms. The molecule has 0 bridgehead atoms. The highest BCUT2D eigenvalue weighted by molar-refractivity contribution is 7.89. The van der Waals surface area contributed by atoms with Crippen LogP contribution in [0.1, 0.15) is 34.7 Å². The third-order valence-corrected chi connectivity index (χ3v) is 5.41. The van der Waals surface area contributed by atoms with Crippen LogP contribution >= 0.6 is 0 Å². The zero-order valence-corrected chi connectivity index (χ0v) is 14.6. The van der Waals surface area contributed by atoms with Crippen molar-refractivity contribution in [2.24, 2.45) is 0 Å². The number of nitrogens with one attached hydrogen (secondary N) is 1. The SMILES string of the molecule is Cc1cc(C)c(S(=O)(=O)N[C@H](CC(=O)O)c2cccnc2)c(C)c1. The van der Waals surface area contributed by atoms with Crippen LogP contribution in [0.15, 0.2) is 41.6 Å². The average Bonchev–Trinajstić information content (AvgIpc) is 2.45. The van der Waals surface area contributed by atoms with Gasteiger partial charge in [0.05, 0.1) is 17.4 Å². The number of pyridine rings is 1. The second kappa shape index (κ2) is 7.11. The van der Waals surface area contributed by atoms with Gasteiger partial charge in [0.15, 0.2) is 0 Å². The van der Waals surface area contributed by atoms with Gasteiger partial charge in [-0.2, -0.15) is 0 Å². The maximum atomic E-state index is 12.8. The summed E-state index contributed by atoms with van der Waals surface area (Å²) in [6.45, 7) is 5.35. The fourth-order valence-corrected chi connectivity index (χ4v) is 4.50. The minimum atomic E-state index is -3.87. The minimum Gasteiger partial charge on any atom is -0.481 e. The molecule has 2 N–H and O–H groups in total. The van der Waals surface area contributed by atoms with E-state index in [0.29, 0.717) is 16.7 Å². The predicted molar refractivity (Wildman–Crippen MR) is 90.2 cm³/mol. The van der Waals surface area contributed by atoms with Gasteiger partial charge in [0.25, 0.3) is 0 Å². The molecule has 6 nitrogen and oxygen atoms in total. The fraction of sp³-hybridized carbons (Fsp3) is 0.294. The summed E-state index contributed by atoms with van der Waals surface area (Å²) in [7, 11) is -3.87. The van der Waals surface area contributed by atoms with E-state index in [0.717, 1.165) is 5.56 Å². The monoisotopic (exact) mass is 348 g/mol. The Morgan fingerprint density at radius 1 is 1.25 bits per heavy atom. The predicted octanol–water partition coefficient (Wildman–Crippen LogP) is 2.50. The van der Waals surface area contributed by atoms with Crippen molar-refractivity contribution in [1.29, 1.82) is 0 Å². The summed E-state index contributed by atoms with van der Waals surface area (Å²) >= 11 is 0. The second-order valence-corrected chi connectivity index (χ2v) is 7.44. The molecule has 0 radical (unpaired) electrons. The standard InChI is InChI=1S/C17H20N2O4S/c1-11-7-12(2)17(13(3)8-11)24(22,23)19-15(9-16(20)21)14-5-4-6-18-10-14/h4-8,10,15,19H,9H2,1-3H3,(H,20,21)/t15-/m1/s1. The molecule has 0 saturated carbocycles. The van der Waals surface area contributed by atoms with Crippen molar-refractivity contribution >= 4 is 16.0 Å². The van der Waals surface area contributed by atoms with Crippen molar-refractivity contribution in [2.75, 3.05) is 0 Å². The van der Waals surface area contributed by atoms with Crippen LogP contribution in [-0.4, -0.2) is 24.5 Å². The first-order valence-electron chi connectivity index (χ1n) is 7.42. The molecule has 2 aromatic rings. The van der Waals surface area contributed by atoms with Crippen LogP contribution in [0.3, 0.4) is 0 Å². The third kappa shape index (κ3) is 4.18. The Labute approximate surface area is 141 Å². The van der Waals surface area contributed by atoms with E-state index < -0.39 is 22.0 Å². The van der Waals surface area contributed by atoms with Crippen molar-refractivity contribution < 1.29 is 18.3 Å². The zero-order chi connectivity index (χ0) is 17.9. The molecule has 0 aliphatic rings. The van der Waals surface area contributed by atoms with Crippen LogP contribution < -0.4 is 4.72 Å². The van der Waals surface area contributed by atoms with Crippen molar-refractivity contribution in [3.63, 3.8) is 0 Å². The van der Waals surface area contributed by atoms with Crippen molar-refractivity contribution in [1.82, 2.24) is 9.71 Å². The highest BCUT2D eigenvalue weighted by Gasteiger charge is 2.26. The molecule has 24 heavy (non-hydrogen) atoms. The maximum absolute atomic E-state index is 12.8. The van der Waals surface area contributed by atoms with Gasteiger partial charge >= 0.3 is 5.97 Å². The Kier molecular flexibility index (Phi) is 5.36. The van der Waals surface area contributed by atoms with Gasteiger partial charge < -0.3 is 5.11 Å². The van der Waals surface area contributed by atoms with Crippen LogP contribution in [-0.2, 0) is 14.8 Å². The molecule has 1 heterocycles. The number of rotatable bonds is 6. The number of nitrogens with zero attached hydrogens (tertiary/aromatic N) is 1. The van der Waals surface area contributed by atoms with Gasteiger partial charge in [-0.25, -0.2) is 13.1 Å². The number of aryl methyl sites for hydroxylation is 3. The van der Waals surface area contributed by atoms with Crippen molar-refractivity contribution in [2.45, 2.75) is 38.1 Å². The van der Waals surface area contributed by atoms with E-state index in [-0.39, 0.29) is 11.3 Å². The Morgan fingerprint density at radius 2 is 1.88 bits per heavy atom. The number of carboxylic acids is 1. The van der Waals surface area contributed by atoms with E-state index in [1.807, 2.05) is 6.92 Å². The molecule has 0 aliphatic heterocycles. The number of carbonyl (C=O) groups is 1. The summed E-state index contributed by atoms with van der Waals surface area (Å²) in [5.41, 5.74) is 2.73. The van der Waals surface area contributed by atoms with E-state index in [9.17, 15) is 13.2 Å². The molecule has 1 aromatic heterocycles. The first-order valence-corrected chi connectivity index (χ1v) is 8.91. The maximum Gasteiger partial charge on any atom is 0.305 e. The smallest absolute Gasteiger partial charge is 0.305 e. The van der Waals surface area contributed by atoms with Crippen molar-refractivity contribution in [3.05, 3.63) is 58.9 Å². The van der Waals surface area contributed by atoms with Crippen LogP contribution in [0, 0.1) is 20.8 Å². The number of aromatic nitrogens is 1. The van der Waals surface area contributed by atoms with Gasteiger partial charge in [0.2, 0.25) is 10.0 Å². The summed E-state index contributed by atoms with van der Waals surface area (Å²) in [6, 6.07) is 5.98. The Bertz CT molecular complexity index is 825. The quantitative estimate of drug-likeness (QED) is 0.836. The van der Waals surface area contributed by atoms with Gasteiger partial charge in [-0.05, 0) is 43.5 Å². The zero-order valence-electron chi connectivity index (χ0n) is 13.8. The van der Waals surface area contributed by atoms with Crippen LogP contribution in [0.25, 0.3) is 0 Å². The minimum absolute atomic E-state index is 0.187. The molecule has 0 unspecified atom stereocenters. The molecule has 1 atom stereocenters. The average molecular weight is 348 g/mol. The van der Waals surface area contributed by atoms with Gasteiger partial charge in [0.1, 0.15) is 0 Å². The molecule has 2 rings (SSSR count). The van der Waals surface area contributed by atoms with Gasteiger partial charge in [-0.15, -0.1) is 0 Å². The normalized spacial score (nSPS) is 12.8. The summed E-state index contributed by atoms with van der Waals surface area (Å²) in [4.78, 5) is 15.3. The van der Waals surface area contributed by atoms with Crippen LogP contribution in [0.4, 0.5) is 0 Å². The van der Waals surface area contributed by atoms with E-state index >= 15 is 0 Å². The van der Waals surface area contributed by atoms with E-state index in [4.69, 9.17) is 5.11 Å². The van der Waals surface area contributed by atoms with Crippen LogP contribution in [0.5, 0.6) is 0 Å². The summed E-state index contributed by atoms with van der Waals surface area (Å²) in [5.74, 6) is -1.09. The molecule has 0 fully saturated rings. The molecular weight excluding hydrogens is 328 g/mol. The lowest BCUT2D eigenvalue weighted by Crippen LogP contribution is -2.31. The lowest BCUT2D eigenvalue weighted by Gasteiger charge is -2.19. The molecule has 0 aliphatic carbocycles. The third-order valence-electron chi connectivity index (χ3n) is 3.64. The highest BCUT2D eigenvalue weighted by atomic mass is 32.2. The lowest BCUT2D eigenvalue weighted by molar-refractivity contribution is -0.137. The van der Waals surface area contributed by atoms with Crippen LogP contribution in [0.2, 0.25) is 0 Å². The van der Waals surface area contributed by atoms with Gasteiger partial charge in [-0.1, -0.05) is 23.8 Å². The lowest BCUT2D eigenvalue weighted by atomic mass is 10.1. The van der Waals surface area contributed by atoms with Gasteiger partial charge in [-0.3, -0.25) is 9.78 Å². The highest BCUT2D eigenvalue weighted by Crippen LogP contribution is 2.25.